The Balaban J connectivity index is 4.54. The first kappa shape index (κ1) is 28.9. The number of allylic oxidation sites excluding steroid dienone is 10. The standard InChI is InChI=1S/C28H44O3/c1-8-31-28(29)21-26(6)18-12-20-27(22-30-7)19-11-17-25(5)16-10-15-24(4)14-9-13-23(2)3/h12-13,15,17-18,20-21H,8-11,14,16,19,22H2,1-7H3. The monoisotopic (exact) mass is 428 g/mol. The molecule has 0 spiro atoms. The number of methoxy groups -OCH3 is 1. The lowest BCUT2D eigenvalue weighted by Crippen LogP contribution is -1.99. The van der Waals surface area contributed by atoms with Crippen molar-refractivity contribution in [2.45, 2.75) is 80.1 Å². The van der Waals surface area contributed by atoms with Gasteiger partial charge in [-0.05, 0) is 91.2 Å². The van der Waals surface area contributed by atoms with Crippen LogP contribution < -0.4 is 0 Å². The van der Waals surface area contributed by atoms with Gasteiger partial charge in [0, 0.05) is 13.2 Å². The summed E-state index contributed by atoms with van der Waals surface area (Å²) in [6, 6.07) is 0. The van der Waals surface area contributed by atoms with E-state index in [4.69, 9.17) is 9.47 Å². The fourth-order valence-electron chi connectivity index (χ4n) is 2.99. The molecule has 0 aromatic carbocycles. The van der Waals surface area contributed by atoms with Crippen LogP contribution in [0.5, 0.6) is 0 Å². The first-order chi connectivity index (χ1) is 14.8. The molecule has 0 fully saturated rings. The average molecular weight is 429 g/mol. The molecule has 174 valence electrons. The fraction of sp³-hybridized carbons (Fsp3) is 0.536. The Kier molecular flexibility index (Phi) is 17.3. The molecular formula is C28H44O3. The van der Waals surface area contributed by atoms with Crippen LogP contribution >= 0.6 is 0 Å². The molecule has 3 nitrogen and oxygen atoms in total. The highest BCUT2D eigenvalue weighted by Gasteiger charge is 1.98. The summed E-state index contributed by atoms with van der Waals surface area (Å²) in [6.07, 6.45) is 21.0. The van der Waals surface area contributed by atoms with Crippen molar-refractivity contribution in [3.63, 3.8) is 0 Å². The van der Waals surface area contributed by atoms with Crippen molar-refractivity contribution in [2.75, 3.05) is 20.3 Å². The zero-order valence-electron chi connectivity index (χ0n) is 20.9. The van der Waals surface area contributed by atoms with E-state index < -0.39 is 0 Å². The molecule has 0 heterocycles. The third-order valence-electron chi connectivity index (χ3n) is 4.73. The number of hydrogen-bond acceptors (Lipinski definition) is 3. The van der Waals surface area contributed by atoms with Crippen LogP contribution in [0.4, 0.5) is 0 Å². The van der Waals surface area contributed by atoms with E-state index in [0.29, 0.717) is 13.2 Å². The maximum atomic E-state index is 11.5. The van der Waals surface area contributed by atoms with E-state index in [1.165, 1.54) is 28.4 Å². The van der Waals surface area contributed by atoms with Gasteiger partial charge in [-0.15, -0.1) is 0 Å². The Morgan fingerprint density at radius 2 is 1.42 bits per heavy atom. The van der Waals surface area contributed by atoms with E-state index in [2.05, 4.69) is 52.0 Å². The molecule has 0 saturated carbocycles. The topological polar surface area (TPSA) is 35.5 Å². The summed E-state index contributed by atoms with van der Waals surface area (Å²) in [6.45, 7) is 13.5. The molecular weight excluding hydrogens is 384 g/mol. The van der Waals surface area contributed by atoms with Gasteiger partial charge in [-0.3, -0.25) is 0 Å². The van der Waals surface area contributed by atoms with Crippen LogP contribution in [0.1, 0.15) is 80.1 Å². The highest BCUT2D eigenvalue weighted by atomic mass is 16.5. The molecule has 0 unspecified atom stereocenters. The van der Waals surface area contributed by atoms with Gasteiger partial charge in [0.25, 0.3) is 0 Å². The highest BCUT2D eigenvalue weighted by molar-refractivity contribution is 5.83. The molecule has 0 amide bonds. The van der Waals surface area contributed by atoms with Crippen molar-refractivity contribution in [1.82, 2.24) is 0 Å². The van der Waals surface area contributed by atoms with Gasteiger partial charge in [-0.1, -0.05) is 53.2 Å². The third kappa shape index (κ3) is 18.4. The molecule has 0 saturated heterocycles. The van der Waals surface area contributed by atoms with Gasteiger partial charge in [0.05, 0.1) is 13.2 Å². The number of carbonyl (C=O) groups excluding carboxylic acids is 1. The van der Waals surface area contributed by atoms with Gasteiger partial charge >= 0.3 is 5.97 Å². The van der Waals surface area contributed by atoms with Gasteiger partial charge < -0.3 is 9.47 Å². The highest BCUT2D eigenvalue weighted by Crippen LogP contribution is 2.14. The van der Waals surface area contributed by atoms with E-state index in [1.54, 1.807) is 14.0 Å². The van der Waals surface area contributed by atoms with Crippen LogP contribution in [0, 0.1) is 0 Å². The van der Waals surface area contributed by atoms with Crippen molar-refractivity contribution in [3.05, 3.63) is 70.4 Å². The van der Waals surface area contributed by atoms with Crippen molar-refractivity contribution in [2.24, 2.45) is 0 Å². The van der Waals surface area contributed by atoms with E-state index in [9.17, 15) is 4.79 Å². The van der Waals surface area contributed by atoms with Crippen LogP contribution in [0.25, 0.3) is 0 Å². The van der Waals surface area contributed by atoms with Crippen molar-refractivity contribution in [3.8, 4) is 0 Å². The molecule has 3 heteroatoms. The summed E-state index contributed by atoms with van der Waals surface area (Å²) in [5.41, 5.74) is 6.42. The molecule has 0 aliphatic rings. The predicted molar refractivity (Wildman–Crippen MR) is 134 cm³/mol. The lowest BCUT2D eigenvalue weighted by molar-refractivity contribution is -0.137. The second kappa shape index (κ2) is 18.6. The average Bonchev–Trinajstić information content (AvgIpc) is 2.67. The number of rotatable bonds is 15. The van der Waals surface area contributed by atoms with Gasteiger partial charge in [0.2, 0.25) is 0 Å². The molecule has 31 heavy (non-hydrogen) atoms. The SMILES string of the molecule is CCOC(=O)C=C(C)C=CC=C(CCC=C(C)CCC=C(C)CCC=C(C)C)COC. The Bertz CT molecular complexity index is 696. The summed E-state index contributed by atoms with van der Waals surface area (Å²) in [4.78, 5) is 11.5. The molecule has 0 aliphatic heterocycles. The minimum absolute atomic E-state index is 0.302. The van der Waals surface area contributed by atoms with Crippen molar-refractivity contribution in [1.29, 1.82) is 0 Å². The van der Waals surface area contributed by atoms with Gasteiger partial charge in [-0.2, -0.15) is 0 Å². The molecule has 0 radical (unpaired) electrons. The maximum absolute atomic E-state index is 11.5. The van der Waals surface area contributed by atoms with Crippen LogP contribution in [0.3, 0.4) is 0 Å². The molecule has 0 aromatic heterocycles. The van der Waals surface area contributed by atoms with E-state index in [-0.39, 0.29) is 5.97 Å². The summed E-state index contributed by atoms with van der Waals surface area (Å²) in [5, 5.41) is 0. The van der Waals surface area contributed by atoms with E-state index >= 15 is 0 Å². The predicted octanol–water partition coefficient (Wildman–Crippen LogP) is 7.82. The van der Waals surface area contributed by atoms with Crippen LogP contribution in [-0.2, 0) is 14.3 Å². The Labute approximate surface area is 191 Å². The molecule has 0 rings (SSSR count). The first-order valence-electron chi connectivity index (χ1n) is 11.4. The number of carbonyl (C=O) groups is 1. The number of esters is 1. The number of hydrogen-bond donors (Lipinski definition) is 0. The molecule has 0 aliphatic carbocycles. The fourth-order valence-corrected chi connectivity index (χ4v) is 2.99. The van der Waals surface area contributed by atoms with Crippen LogP contribution in [0.2, 0.25) is 0 Å². The first-order valence-corrected chi connectivity index (χ1v) is 11.4. The van der Waals surface area contributed by atoms with Crippen LogP contribution in [0.15, 0.2) is 70.4 Å². The van der Waals surface area contributed by atoms with Crippen molar-refractivity contribution < 1.29 is 14.3 Å². The molecule has 0 atom stereocenters. The zero-order chi connectivity index (χ0) is 23.5. The van der Waals surface area contributed by atoms with Gasteiger partial charge in [-0.25, -0.2) is 4.79 Å². The lowest BCUT2D eigenvalue weighted by atomic mass is 10.0. The third-order valence-corrected chi connectivity index (χ3v) is 4.73. The van der Waals surface area contributed by atoms with Gasteiger partial charge in [0.15, 0.2) is 0 Å². The van der Waals surface area contributed by atoms with Gasteiger partial charge in [0.1, 0.15) is 0 Å². The second-order valence-electron chi connectivity index (χ2n) is 8.26. The largest absolute Gasteiger partial charge is 0.463 e. The lowest BCUT2D eigenvalue weighted by Gasteiger charge is -2.05. The summed E-state index contributed by atoms with van der Waals surface area (Å²) < 4.78 is 10.3. The molecule has 0 aromatic rings. The molecule has 0 bridgehead atoms. The summed E-state index contributed by atoms with van der Waals surface area (Å²) >= 11 is 0. The van der Waals surface area contributed by atoms with Crippen LogP contribution in [-0.4, -0.2) is 26.3 Å². The minimum atomic E-state index is -0.302. The summed E-state index contributed by atoms with van der Waals surface area (Å²) in [7, 11) is 1.72. The Hall–Kier alpha value is -2.13. The smallest absolute Gasteiger partial charge is 0.330 e. The second-order valence-corrected chi connectivity index (χ2v) is 8.26. The minimum Gasteiger partial charge on any atom is -0.463 e. The van der Waals surface area contributed by atoms with E-state index in [1.807, 2.05) is 19.1 Å². The Morgan fingerprint density at radius 1 is 0.839 bits per heavy atom. The summed E-state index contributed by atoms with van der Waals surface area (Å²) in [5.74, 6) is -0.302. The Morgan fingerprint density at radius 3 is 1.97 bits per heavy atom. The number of ether oxygens (including phenoxy) is 2. The normalized spacial score (nSPS) is 13.6. The quantitative estimate of drug-likeness (QED) is 0.115. The van der Waals surface area contributed by atoms with Crippen molar-refractivity contribution >= 4 is 5.97 Å². The van der Waals surface area contributed by atoms with E-state index in [0.717, 1.165) is 44.1 Å². The molecule has 0 N–H and O–H groups in total. The zero-order valence-corrected chi connectivity index (χ0v) is 20.9. The maximum Gasteiger partial charge on any atom is 0.330 e.